The Morgan fingerprint density at radius 3 is 2.86 bits per heavy atom. The number of piperidine rings is 1. The van der Waals surface area contributed by atoms with E-state index in [4.69, 9.17) is 4.42 Å². The van der Waals surface area contributed by atoms with Gasteiger partial charge in [-0.2, -0.15) is 0 Å². The molecule has 1 aliphatic rings. The highest BCUT2D eigenvalue weighted by molar-refractivity contribution is 5.79. The summed E-state index contributed by atoms with van der Waals surface area (Å²) in [5, 5.41) is 6.84. The van der Waals surface area contributed by atoms with Crippen molar-refractivity contribution in [3.8, 4) is 11.5 Å². The first-order chi connectivity index (χ1) is 13.7. The maximum atomic E-state index is 5.61. The van der Waals surface area contributed by atoms with Crippen molar-refractivity contribution in [1.82, 2.24) is 20.5 Å². The first kappa shape index (κ1) is 20.4. The molecule has 6 nitrogen and oxygen atoms in total. The number of benzene rings is 1. The van der Waals surface area contributed by atoms with Gasteiger partial charge in [-0.15, -0.1) is 0 Å². The van der Waals surface area contributed by atoms with Crippen LogP contribution < -0.4 is 10.6 Å². The smallest absolute Gasteiger partial charge is 0.226 e. The van der Waals surface area contributed by atoms with Crippen LogP contribution in [0.25, 0.3) is 11.5 Å². The van der Waals surface area contributed by atoms with Crippen LogP contribution in [0.3, 0.4) is 0 Å². The van der Waals surface area contributed by atoms with E-state index in [9.17, 15) is 0 Å². The molecule has 2 N–H and O–H groups in total. The Morgan fingerprint density at radius 1 is 1.29 bits per heavy atom. The number of rotatable bonds is 7. The summed E-state index contributed by atoms with van der Waals surface area (Å²) in [6.45, 7) is 11.3. The van der Waals surface area contributed by atoms with Crippen molar-refractivity contribution in [1.29, 1.82) is 0 Å². The zero-order valence-corrected chi connectivity index (χ0v) is 17.3. The molecule has 2 aromatic rings. The van der Waals surface area contributed by atoms with Gasteiger partial charge >= 0.3 is 0 Å². The molecule has 1 aromatic carbocycles. The fraction of sp³-hybridized carbons (Fsp3) is 0.545. The average molecular weight is 384 g/mol. The van der Waals surface area contributed by atoms with Crippen LogP contribution in [0.4, 0.5) is 0 Å². The highest BCUT2D eigenvalue weighted by Crippen LogP contribution is 2.19. The second-order valence-corrected chi connectivity index (χ2v) is 7.68. The van der Waals surface area contributed by atoms with Gasteiger partial charge in [-0.1, -0.05) is 18.2 Å². The molecule has 0 saturated carbocycles. The van der Waals surface area contributed by atoms with E-state index in [1.807, 2.05) is 30.3 Å². The Morgan fingerprint density at radius 2 is 2.11 bits per heavy atom. The molecule has 0 bridgehead atoms. The minimum atomic E-state index is 0.494. The molecule has 0 radical (unpaired) electrons. The van der Waals surface area contributed by atoms with Gasteiger partial charge in [0.1, 0.15) is 12.0 Å². The van der Waals surface area contributed by atoms with Crippen molar-refractivity contribution in [2.24, 2.45) is 10.9 Å². The van der Waals surface area contributed by atoms with E-state index in [0.29, 0.717) is 24.4 Å². The summed E-state index contributed by atoms with van der Waals surface area (Å²) >= 11 is 0. The van der Waals surface area contributed by atoms with E-state index in [-0.39, 0.29) is 0 Å². The van der Waals surface area contributed by atoms with E-state index < -0.39 is 0 Å². The van der Waals surface area contributed by atoms with Gasteiger partial charge in [0.05, 0.1) is 6.54 Å². The van der Waals surface area contributed by atoms with Crippen LogP contribution in [0.1, 0.15) is 39.3 Å². The first-order valence-electron chi connectivity index (χ1n) is 10.4. The Kier molecular flexibility index (Phi) is 7.48. The number of guanidine groups is 1. The van der Waals surface area contributed by atoms with E-state index >= 15 is 0 Å². The molecule has 1 fully saturated rings. The summed E-state index contributed by atoms with van der Waals surface area (Å²) in [7, 11) is 0. The monoisotopic (exact) mass is 383 g/mol. The Hall–Kier alpha value is -2.34. The van der Waals surface area contributed by atoms with Crippen LogP contribution in [0.2, 0.25) is 0 Å². The molecule has 2 heterocycles. The van der Waals surface area contributed by atoms with Crippen LogP contribution in [-0.4, -0.2) is 48.1 Å². The SMILES string of the molecule is CCNC(=NCc1coc(-c2ccccc2)n1)NCC1CCCN(C(C)C)C1. The fourth-order valence-corrected chi connectivity index (χ4v) is 3.57. The van der Waals surface area contributed by atoms with Gasteiger partial charge in [0.15, 0.2) is 5.96 Å². The van der Waals surface area contributed by atoms with Gasteiger partial charge in [-0.25, -0.2) is 9.98 Å². The second-order valence-electron chi connectivity index (χ2n) is 7.68. The maximum absolute atomic E-state index is 5.61. The first-order valence-corrected chi connectivity index (χ1v) is 10.4. The van der Waals surface area contributed by atoms with E-state index in [1.165, 1.54) is 19.4 Å². The number of nitrogens with zero attached hydrogens (tertiary/aromatic N) is 3. The van der Waals surface area contributed by atoms with Crippen LogP contribution in [0, 0.1) is 5.92 Å². The molecule has 0 aliphatic carbocycles. The molecule has 0 amide bonds. The van der Waals surface area contributed by atoms with Crippen LogP contribution in [0.5, 0.6) is 0 Å². The number of aromatic nitrogens is 1. The van der Waals surface area contributed by atoms with Crippen molar-refractivity contribution >= 4 is 5.96 Å². The molecule has 0 spiro atoms. The number of aliphatic imine (C=N–C) groups is 1. The lowest BCUT2D eigenvalue weighted by atomic mass is 9.97. The van der Waals surface area contributed by atoms with E-state index in [0.717, 1.165) is 36.9 Å². The van der Waals surface area contributed by atoms with Crippen LogP contribution in [0.15, 0.2) is 46.0 Å². The van der Waals surface area contributed by atoms with Gasteiger partial charge in [0, 0.05) is 31.2 Å². The van der Waals surface area contributed by atoms with Crippen LogP contribution >= 0.6 is 0 Å². The molecule has 1 unspecified atom stereocenters. The van der Waals surface area contributed by atoms with Gasteiger partial charge in [-0.05, 0) is 58.2 Å². The second kappa shape index (κ2) is 10.3. The molecule has 152 valence electrons. The molecule has 28 heavy (non-hydrogen) atoms. The van der Waals surface area contributed by atoms with Gasteiger partial charge < -0.3 is 20.0 Å². The largest absolute Gasteiger partial charge is 0.444 e. The maximum Gasteiger partial charge on any atom is 0.226 e. The number of likely N-dealkylation sites (tertiary alicyclic amines) is 1. The zero-order valence-electron chi connectivity index (χ0n) is 17.3. The quantitative estimate of drug-likeness (QED) is 0.566. The third-order valence-electron chi connectivity index (χ3n) is 5.15. The third kappa shape index (κ3) is 5.83. The predicted octanol–water partition coefficient (Wildman–Crippen LogP) is 3.52. The minimum Gasteiger partial charge on any atom is -0.444 e. The van der Waals surface area contributed by atoms with E-state index in [2.05, 4.69) is 46.3 Å². The highest BCUT2D eigenvalue weighted by atomic mass is 16.3. The van der Waals surface area contributed by atoms with E-state index in [1.54, 1.807) is 6.26 Å². The Labute approximate surface area is 168 Å². The normalized spacial score (nSPS) is 18.4. The Bertz CT molecular complexity index is 740. The number of nitrogens with one attached hydrogen (secondary N) is 2. The average Bonchev–Trinajstić information content (AvgIpc) is 3.20. The lowest BCUT2D eigenvalue weighted by Crippen LogP contribution is -2.46. The molecule has 1 aliphatic heterocycles. The third-order valence-corrected chi connectivity index (χ3v) is 5.15. The summed E-state index contributed by atoms with van der Waals surface area (Å²) in [5.41, 5.74) is 1.81. The van der Waals surface area contributed by atoms with Crippen molar-refractivity contribution in [3.05, 3.63) is 42.3 Å². The number of hydrogen-bond acceptors (Lipinski definition) is 4. The minimum absolute atomic E-state index is 0.494. The van der Waals surface area contributed by atoms with Crippen molar-refractivity contribution in [2.75, 3.05) is 26.2 Å². The summed E-state index contributed by atoms with van der Waals surface area (Å²) in [6.07, 6.45) is 4.25. The van der Waals surface area contributed by atoms with Crippen molar-refractivity contribution in [2.45, 2.75) is 46.2 Å². The molecule has 1 aromatic heterocycles. The molecule has 3 rings (SSSR count). The molecule has 1 atom stereocenters. The topological polar surface area (TPSA) is 65.7 Å². The fourth-order valence-electron chi connectivity index (χ4n) is 3.57. The van der Waals surface area contributed by atoms with Gasteiger partial charge in [-0.3, -0.25) is 0 Å². The summed E-state index contributed by atoms with van der Waals surface area (Å²) in [5.74, 6) is 2.14. The molecule has 1 saturated heterocycles. The molecular weight excluding hydrogens is 350 g/mol. The number of oxazole rings is 1. The predicted molar refractivity (Wildman–Crippen MR) is 114 cm³/mol. The standard InChI is InChI=1S/C22H33N5O/c1-4-23-22(24-13-18-9-8-12-27(15-18)17(2)3)25-14-20-16-28-21(26-20)19-10-6-5-7-11-19/h5-7,10-11,16-18H,4,8-9,12-15H2,1-3H3,(H2,23,24,25). The van der Waals surface area contributed by atoms with Crippen molar-refractivity contribution < 1.29 is 4.42 Å². The highest BCUT2D eigenvalue weighted by Gasteiger charge is 2.21. The Balaban J connectivity index is 1.55. The summed E-state index contributed by atoms with van der Waals surface area (Å²) in [6, 6.07) is 10.6. The summed E-state index contributed by atoms with van der Waals surface area (Å²) in [4.78, 5) is 11.8. The van der Waals surface area contributed by atoms with Gasteiger partial charge in [0.2, 0.25) is 5.89 Å². The summed E-state index contributed by atoms with van der Waals surface area (Å²) < 4.78 is 5.61. The number of hydrogen-bond donors (Lipinski definition) is 2. The lowest BCUT2D eigenvalue weighted by molar-refractivity contribution is 0.141. The molecular formula is C22H33N5O. The zero-order chi connectivity index (χ0) is 19.8. The van der Waals surface area contributed by atoms with Gasteiger partial charge in [0.25, 0.3) is 0 Å². The van der Waals surface area contributed by atoms with Crippen LogP contribution in [-0.2, 0) is 6.54 Å². The lowest BCUT2D eigenvalue weighted by Gasteiger charge is -2.35. The van der Waals surface area contributed by atoms with Crippen molar-refractivity contribution in [3.63, 3.8) is 0 Å². The molecule has 6 heteroatoms.